The van der Waals surface area contributed by atoms with Crippen LogP contribution in [0.3, 0.4) is 0 Å². The fourth-order valence-electron chi connectivity index (χ4n) is 2.70. The first-order valence-electron chi connectivity index (χ1n) is 5.86. The summed E-state index contributed by atoms with van der Waals surface area (Å²) in [5.41, 5.74) is 6.02. The molecule has 0 bridgehead atoms. The minimum atomic E-state index is 0.0944. The van der Waals surface area contributed by atoms with Gasteiger partial charge in [-0.05, 0) is 25.8 Å². The van der Waals surface area contributed by atoms with Gasteiger partial charge in [-0.15, -0.1) is 0 Å². The van der Waals surface area contributed by atoms with E-state index in [-0.39, 0.29) is 5.54 Å². The standard InChI is InChI=1S/C11H22N2O2/c1-14-10-3-2-5-13(7-10)11(8-12)4-6-15-9-11/h10H,2-9,12H2,1H3. The molecular weight excluding hydrogens is 192 g/mol. The summed E-state index contributed by atoms with van der Waals surface area (Å²) in [5.74, 6) is 0. The van der Waals surface area contributed by atoms with Gasteiger partial charge >= 0.3 is 0 Å². The van der Waals surface area contributed by atoms with Gasteiger partial charge in [-0.25, -0.2) is 0 Å². The van der Waals surface area contributed by atoms with Gasteiger partial charge in [0.05, 0.1) is 18.2 Å². The first-order valence-corrected chi connectivity index (χ1v) is 5.86. The van der Waals surface area contributed by atoms with Crippen molar-refractivity contribution in [3.63, 3.8) is 0 Å². The Morgan fingerprint density at radius 2 is 2.47 bits per heavy atom. The van der Waals surface area contributed by atoms with Crippen LogP contribution in [0.15, 0.2) is 0 Å². The second-order valence-corrected chi connectivity index (χ2v) is 4.68. The summed E-state index contributed by atoms with van der Waals surface area (Å²) in [6.07, 6.45) is 3.83. The summed E-state index contributed by atoms with van der Waals surface area (Å²) in [6.45, 7) is 4.49. The van der Waals surface area contributed by atoms with Gasteiger partial charge in [-0.2, -0.15) is 0 Å². The van der Waals surface area contributed by atoms with Crippen molar-refractivity contribution in [1.29, 1.82) is 0 Å². The van der Waals surface area contributed by atoms with Crippen molar-refractivity contribution < 1.29 is 9.47 Å². The first kappa shape index (κ1) is 11.3. The molecule has 0 aromatic rings. The zero-order chi connectivity index (χ0) is 10.7. The maximum Gasteiger partial charge on any atom is 0.0698 e. The molecule has 0 amide bonds. The minimum Gasteiger partial charge on any atom is -0.380 e. The van der Waals surface area contributed by atoms with Crippen LogP contribution in [0.1, 0.15) is 19.3 Å². The van der Waals surface area contributed by atoms with Crippen LogP contribution in [0.25, 0.3) is 0 Å². The Balaban J connectivity index is 2.01. The van der Waals surface area contributed by atoms with E-state index < -0.39 is 0 Å². The normalized spacial score (nSPS) is 38.4. The number of methoxy groups -OCH3 is 1. The van der Waals surface area contributed by atoms with Crippen LogP contribution in [0.2, 0.25) is 0 Å². The molecule has 2 aliphatic heterocycles. The lowest BCUT2D eigenvalue weighted by Gasteiger charge is -2.43. The summed E-state index contributed by atoms with van der Waals surface area (Å²) in [6, 6.07) is 0. The Kier molecular flexibility index (Phi) is 3.61. The van der Waals surface area contributed by atoms with E-state index in [9.17, 15) is 0 Å². The molecule has 4 nitrogen and oxygen atoms in total. The van der Waals surface area contributed by atoms with Crippen molar-refractivity contribution in [1.82, 2.24) is 4.90 Å². The summed E-state index contributed by atoms with van der Waals surface area (Å²) < 4.78 is 11.0. The van der Waals surface area contributed by atoms with Crippen LogP contribution in [0.4, 0.5) is 0 Å². The molecule has 0 radical (unpaired) electrons. The molecule has 0 aromatic carbocycles. The highest BCUT2D eigenvalue weighted by molar-refractivity contribution is 4.97. The predicted molar refractivity (Wildman–Crippen MR) is 58.8 cm³/mol. The van der Waals surface area contributed by atoms with E-state index in [0.29, 0.717) is 12.6 Å². The molecular formula is C11H22N2O2. The zero-order valence-corrected chi connectivity index (χ0v) is 9.58. The second-order valence-electron chi connectivity index (χ2n) is 4.68. The van der Waals surface area contributed by atoms with E-state index in [2.05, 4.69) is 4.90 Å². The fraction of sp³-hybridized carbons (Fsp3) is 1.00. The molecule has 0 aliphatic carbocycles. The third-order valence-corrected chi connectivity index (χ3v) is 3.84. The zero-order valence-electron chi connectivity index (χ0n) is 9.58. The summed E-state index contributed by atoms with van der Waals surface area (Å²) in [4.78, 5) is 2.48. The Morgan fingerprint density at radius 3 is 3.07 bits per heavy atom. The van der Waals surface area contributed by atoms with Crippen molar-refractivity contribution in [2.24, 2.45) is 5.73 Å². The predicted octanol–water partition coefficient (Wildman–Crippen LogP) is 0.215. The van der Waals surface area contributed by atoms with Gasteiger partial charge in [-0.1, -0.05) is 0 Å². The SMILES string of the molecule is COC1CCCN(C2(CN)CCOC2)C1. The maximum atomic E-state index is 5.92. The highest BCUT2D eigenvalue weighted by Gasteiger charge is 2.41. The van der Waals surface area contributed by atoms with E-state index in [1.807, 2.05) is 0 Å². The van der Waals surface area contributed by atoms with E-state index in [0.717, 1.165) is 32.7 Å². The average molecular weight is 214 g/mol. The molecule has 0 spiro atoms. The minimum absolute atomic E-state index is 0.0944. The van der Waals surface area contributed by atoms with Gasteiger partial charge in [0.2, 0.25) is 0 Å². The van der Waals surface area contributed by atoms with Gasteiger partial charge in [0, 0.05) is 26.8 Å². The number of likely N-dealkylation sites (tertiary alicyclic amines) is 1. The molecule has 2 rings (SSSR count). The Hall–Kier alpha value is -0.160. The molecule has 0 saturated carbocycles. The van der Waals surface area contributed by atoms with Gasteiger partial charge in [-0.3, -0.25) is 4.90 Å². The van der Waals surface area contributed by atoms with Crippen molar-refractivity contribution >= 4 is 0 Å². The lowest BCUT2D eigenvalue weighted by Crippen LogP contribution is -2.58. The van der Waals surface area contributed by atoms with Crippen LogP contribution in [-0.2, 0) is 9.47 Å². The van der Waals surface area contributed by atoms with E-state index >= 15 is 0 Å². The van der Waals surface area contributed by atoms with Crippen molar-refractivity contribution in [2.45, 2.75) is 30.9 Å². The molecule has 2 aliphatic rings. The average Bonchev–Trinajstić information content (AvgIpc) is 2.79. The summed E-state index contributed by atoms with van der Waals surface area (Å²) >= 11 is 0. The quantitative estimate of drug-likeness (QED) is 0.730. The monoisotopic (exact) mass is 214 g/mol. The van der Waals surface area contributed by atoms with Crippen LogP contribution in [0, 0.1) is 0 Å². The molecule has 2 fully saturated rings. The number of ether oxygens (including phenoxy) is 2. The smallest absolute Gasteiger partial charge is 0.0698 e. The number of rotatable bonds is 3. The van der Waals surface area contributed by atoms with Crippen molar-refractivity contribution in [2.75, 3.05) is 40.0 Å². The van der Waals surface area contributed by atoms with E-state index in [1.165, 1.54) is 12.8 Å². The topological polar surface area (TPSA) is 47.7 Å². The van der Waals surface area contributed by atoms with Crippen LogP contribution in [0.5, 0.6) is 0 Å². The number of hydrogen-bond acceptors (Lipinski definition) is 4. The third-order valence-electron chi connectivity index (χ3n) is 3.84. The number of nitrogens with zero attached hydrogens (tertiary/aromatic N) is 1. The Bertz CT molecular complexity index is 205. The van der Waals surface area contributed by atoms with Crippen LogP contribution < -0.4 is 5.73 Å². The molecule has 4 heteroatoms. The van der Waals surface area contributed by atoms with Gasteiger partial charge in [0.15, 0.2) is 0 Å². The molecule has 2 N–H and O–H groups in total. The molecule has 2 unspecified atom stereocenters. The summed E-state index contributed by atoms with van der Waals surface area (Å²) in [7, 11) is 1.80. The van der Waals surface area contributed by atoms with Crippen molar-refractivity contribution in [3.8, 4) is 0 Å². The highest BCUT2D eigenvalue weighted by atomic mass is 16.5. The number of nitrogens with two attached hydrogens (primary N) is 1. The second kappa shape index (κ2) is 4.78. The lowest BCUT2D eigenvalue weighted by atomic mass is 9.93. The molecule has 2 heterocycles. The first-order chi connectivity index (χ1) is 7.30. The highest BCUT2D eigenvalue weighted by Crippen LogP contribution is 2.28. The molecule has 15 heavy (non-hydrogen) atoms. The van der Waals surface area contributed by atoms with Crippen LogP contribution >= 0.6 is 0 Å². The third kappa shape index (κ3) is 2.18. The Labute approximate surface area is 91.7 Å². The van der Waals surface area contributed by atoms with E-state index in [1.54, 1.807) is 7.11 Å². The summed E-state index contributed by atoms with van der Waals surface area (Å²) in [5, 5.41) is 0. The molecule has 88 valence electrons. The van der Waals surface area contributed by atoms with Gasteiger partial charge in [0.1, 0.15) is 0 Å². The van der Waals surface area contributed by atoms with Crippen LogP contribution in [-0.4, -0.2) is 56.5 Å². The molecule has 0 aromatic heterocycles. The van der Waals surface area contributed by atoms with Crippen molar-refractivity contribution in [3.05, 3.63) is 0 Å². The van der Waals surface area contributed by atoms with Gasteiger partial charge in [0.25, 0.3) is 0 Å². The number of piperidine rings is 1. The largest absolute Gasteiger partial charge is 0.380 e. The number of hydrogen-bond donors (Lipinski definition) is 1. The maximum absolute atomic E-state index is 5.92. The fourth-order valence-corrected chi connectivity index (χ4v) is 2.70. The molecule has 2 saturated heterocycles. The van der Waals surface area contributed by atoms with Gasteiger partial charge < -0.3 is 15.2 Å². The lowest BCUT2D eigenvalue weighted by molar-refractivity contribution is -0.0200. The Morgan fingerprint density at radius 1 is 1.60 bits per heavy atom. The molecule has 2 atom stereocenters. The van der Waals surface area contributed by atoms with E-state index in [4.69, 9.17) is 15.2 Å².